The van der Waals surface area contributed by atoms with Crippen LogP contribution < -0.4 is 5.32 Å². The van der Waals surface area contributed by atoms with Crippen molar-refractivity contribution in [2.45, 2.75) is 39.2 Å². The first-order valence-corrected chi connectivity index (χ1v) is 7.22. The topological polar surface area (TPSA) is 92.5 Å². The molecule has 114 valence electrons. The van der Waals surface area contributed by atoms with Crippen molar-refractivity contribution in [1.82, 2.24) is 0 Å². The molecule has 0 saturated heterocycles. The van der Waals surface area contributed by atoms with E-state index in [2.05, 4.69) is 19.2 Å². The Balaban J connectivity index is 2.24. The summed E-state index contributed by atoms with van der Waals surface area (Å²) in [6.07, 6.45) is 3.24. The second kappa shape index (κ2) is 6.11. The zero-order valence-electron chi connectivity index (χ0n) is 12.2. The molecular formula is C15H20N2O4. The van der Waals surface area contributed by atoms with E-state index in [0.29, 0.717) is 17.5 Å². The zero-order chi connectivity index (χ0) is 15.6. The normalized spacial score (nSPS) is 24.8. The molecule has 1 aromatic carbocycles. The molecule has 6 heteroatoms. The fraction of sp³-hybridized carbons (Fsp3) is 0.533. The second-order valence-corrected chi connectivity index (χ2v) is 5.65. The van der Waals surface area contributed by atoms with Crippen LogP contribution in [0.3, 0.4) is 0 Å². The van der Waals surface area contributed by atoms with E-state index in [0.717, 1.165) is 25.3 Å². The van der Waals surface area contributed by atoms with Crippen LogP contribution in [0.2, 0.25) is 0 Å². The number of nitrogens with one attached hydrogen (secondary N) is 1. The number of aromatic carboxylic acids is 1. The van der Waals surface area contributed by atoms with Crippen LogP contribution in [0.25, 0.3) is 0 Å². The number of non-ortho nitro benzene ring substituents is 1. The quantitative estimate of drug-likeness (QED) is 0.639. The van der Waals surface area contributed by atoms with Crippen LogP contribution in [-0.2, 0) is 0 Å². The summed E-state index contributed by atoms with van der Waals surface area (Å²) in [5.41, 5.74) is 0.210. The number of anilines is 1. The Bertz CT molecular complexity index is 559. The maximum atomic E-state index is 11.3. The van der Waals surface area contributed by atoms with Gasteiger partial charge in [-0.1, -0.05) is 20.3 Å². The van der Waals surface area contributed by atoms with E-state index in [-0.39, 0.29) is 17.3 Å². The van der Waals surface area contributed by atoms with Crippen LogP contribution in [0.1, 0.15) is 43.5 Å². The SMILES string of the molecule is CCC1CCC(Nc2ccc([N+](=O)[O-])cc2C(=O)O)C1C. The lowest BCUT2D eigenvalue weighted by atomic mass is 9.93. The average molecular weight is 292 g/mol. The number of benzene rings is 1. The minimum atomic E-state index is -1.15. The zero-order valence-corrected chi connectivity index (χ0v) is 12.2. The van der Waals surface area contributed by atoms with Crippen molar-refractivity contribution in [3.05, 3.63) is 33.9 Å². The van der Waals surface area contributed by atoms with E-state index in [4.69, 9.17) is 0 Å². The molecular weight excluding hydrogens is 272 g/mol. The highest BCUT2D eigenvalue weighted by Gasteiger charge is 2.32. The summed E-state index contributed by atoms with van der Waals surface area (Å²) in [5.74, 6) is -0.0421. The van der Waals surface area contributed by atoms with Gasteiger partial charge >= 0.3 is 5.97 Å². The van der Waals surface area contributed by atoms with Gasteiger partial charge in [-0.25, -0.2) is 4.79 Å². The van der Waals surface area contributed by atoms with Crippen molar-refractivity contribution in [1.29, 1.82) is 0 Å². The van der Waals surface area contributed by atoms with Gasteiger partial charge in [0.15, 0.2) is 0 Å². The molecule has 3 unspecified atom stereocenters. The Labute approximate surface area is 123 Å². The predicted molar refractivity (Wildman–Crippen MR) is 79.6 cm³/mol. The van der Waals surface area contributed by atoms with Crippen LogP contribution in [0, 0.1) is 22.0 Å². The largest absolute Gasteiger partial charge is 0.478 e. The van der Waals surface area contributed by atoms with Crippen LogP contribution in [0.4, 0.5) is 11.4 Å². The highest BCUT2D eigenvalue weighted by Crippen LogP contribution is 2.36. The Kier molecular flexibility index (Phi) is 4.45. The summed E-state index contributed by atoms with van der Waals surface area (Å²) in [5, 5.41) is 23.3. The smallest absolute Gasteiger partial charge is 0.338 e. The maximum absolute atomic E-state index is 11.3. The maximum Gasteiger partial charge on any atom is 0.338 e. The molecule has 0 heterocycles. The van der Waals surface area contributed by atoms with Gasteiger partial charge in [-0.3, -0.25) is 10.1 Å². The molecule has 1 saturated carbocycles. The number of hydrogen-bond acceptors (Lipinski definition) is 4. The molecule has 2 rings (SSSR count). The van der Waals surface area contributed by atoms with E-state index in [1.165, 1.54) is 12.1 Å². The number of hydrogen-bond donors (Lipinski definition) is 2. The summed E-state index contributed by atoms with van der Waals surface area (Å²) in [6.45, 7) is 4.34. The molecule has 0 radical (unpaired) electrons. The van der Waals surface area contributed by atoms with Gasteiger partial charge in [0.1, 0.15) is 0 Å². The van der Waals surface area contributed by atoms with Crippen molar-refractivity contribution >= 4 is 17.3 Å². The molecule has 0 aliphatic heterocycles. The molecule has 1 aliphatic carbocycles. The first-order valence-electron chi connectivity index (χ1n) is 7.22. The van der Waals surface area contributed by atoms with E-state index < -0.39 is 10.9 Å². The summed E-state index contributed by atoms with van der Waals surface area (Å²) < 4.78 is 0. The molecule has 6 nitrogen and oxygen atoms in total. The van der Waals surface area contributed by atoms with Gasteiger partial charge in [-0.2, -0.15) is 0 Å². The van der Waals surface area contributed by atoms with Crippen LogP contribution in [0.15, 0.2) is 18.2 Å². The third kappa shape index (κ3) is 3.15. The third-order valence-electron chi connectivity index (χ3n) is 4.54. The number of rotatable bonds is 5. The highest BCUT2D eigenvalue weighted by molar-refractivity contribution is 5.95. The molecule has 21 heavy (non-hydrogen) atoms. The molecule has 2 N–H and O–H groups in total. The molecule has 0 bridgehead atoms. The van der Waals surface area contributed by atoms with E-state index in [1.54, 1.807) is 0 Å². The van der Waals surface area contributed by atoms with E-state index >= 15 is 0 Å². The molecule has 1 fully saturated rings. The predicted octanol–water partition coefficient (Wildman–Crippen LogP) is 3.53. The van der Waals surface area contributed by atoms with E-state index in [9.17, 15) is 20.0 Å². The lowest BCUT2D eigenvalue weighted by Crippen LogP contribution is -2.25. The molecule has 0 spiro atoms. The monoisotopic (exact) mass is 292 g/mol. The Hall–Kier alpha value is -2.11. The lowest BCUT2D eigenvalue weighted by molar-refractivity contribution is -0.384. The lowest BCUT2D eigenvalue weighted by Gasteiger charge is -2.22. The van der Waals surface area contributed by atoms with E-state index in [1.807, 2.05) is 0 Å². The Morgan fingerprint density at radius 3 is 2.71 bits per heavy atom. The fourth-order valence-electron chi connectivity index (χ4n) is 3.18. The number of carboxylic acid groups (broad SMARTS) is 1. The number of carbonyl (C=O) groups is 1. The summed E-state index contributed by atoms with van der Waals surface area (Å²) in [6, 6.07) is 4.16. The van der Waals surface area contributed by atoms with Gasteiger partial charge in [0.2, 0.25) is 0 Å². The van der Waals surface area contributed by atoms with Crippen LogP contribution >= 0.6 is 0 Å². The van der Waals surface area contributed by atoms with Crippen molar-refractivity contribution in [3.8, 4) is 0 Å². The van der Waals surface area contributed by atoms with Crippen molar-refractivity contribution in [3.63, 3.8) is 0 Å². The summed E-state index contributed by atoms with van der Waals surface area (Å²) in [7, 11) is 0. The van der Waals surface area contributed by atoms with Crippen molar-refractivity contribution in [2.24, 2.45) is 11.8 Å². The Morgan fingerprint density at radius 2 is 2.19 bits per heavy atom. The standard InChI is InChI=1S/C15H20N2O4/c1-3-10-4-6-13(9(10)2)16-14-7-5-11(17(20)21)8-12(14)15(18)19/h5,7-10,13,16H,3-4,6H2,1-2H3,(H,18,19). The summed E-state index contributed by atoms with van der Waals surface area (Å²) in [4.78, 5) is 21.5. The number of nitrogens with zero attached hydrogens (tertiary/aromatic N) is 1. The van der Waals surface area contributed by atoms with Gasteiger partial charge in [0.05, 0.1) is 10.5 Å². The number of nitro groups is 1. The first-order chi connectivity index (χ1) is 9.93. The van der Waals surface area contributed by atoms with Gasteiger partial charge < -0.3 is 10.4 Å². The third-order valence-corrected chi connectivity index (χ3v) is 4.54. The van der Waals surface area contributed by atoms with Gasteiger partial charge in [0, 0.05) is 23.9 Å². The fourth-order valence-corrected chi connectivity index (χ4v) is 3.18. The second-order valence-electron chi connectivity index (χ2n) is 5.65. The first kappa shape index (κ1) is 15.3. The molecule has 1 aliphatic rings. The molecule has 0 aromatic heterocycles. The van der Waals surface area contributed by atoms with Gasteiger partial charge in [0.25, 0.3) is 5.69 Å². The molecule has 3 atom stereocenters. The van der Waals surface area contributed by atoms with Crippen LogP contribution in [-0.4, -0.2) is 22.0 Å². The number of nitro benzene ring substituents is 1. The van der Waals surface area contributed by atoms with Gasteiger partial charge in [-0.05, 0) is 30.7 Å². The highest BCUT2D eigenvalue weighted by atomic mass is 16.6. The van der Waals surface area contributed by atoms with Crippen LogP contribution in [0.5, 0.6) is 0 Å². The van der Waals surface area contributed by atoms with Gasteiger partial charge in [-0.15, -0.1) is 0 Å². The molecule has 0 amide bonds. The average Bonchev–Trinajstić information content (AvgIpc) is 2.79. The van der Waals surface area contributed by atoms with Crippen molar-refractivity contribution < 1.29 is 14.8 Å². The van der Waals surface area contributed by atoms with Crippen molar-refractivity contribution in [2.75, 3.05) is 5.32 Å². The minimum Gasteiger partial charge on any atom is -0.478 e. The number of carboxylic acids is 1. The summed E-state index contributed by atoms with van der Waals surface area (Å²) >= 11 is 0. The molecule has 1 aromatic rings. The minimum absolute atomic E-state index is 0.0450. The Morgan fingerprint density at radius 1 is 1.48 bits per heavy atom.